The van der Waals surface area contributed by atoms with Crippen molar-refractivity contribution in [3.63, 3.8) is 0 Å². The van der Waals surface area contributed by atoms with E-state index in [0.717, 1.165) is 23.5 Å². The number of piperidine rings is 1. The van der Waals surface area contributed by atoms with Crippen LogP contribution in [0.4, 0.5) is 0 Å². The Morgan fingerprint density at radius 2 is 1.79 bits per heavy atom. The molecule has 0 amide bonds. The normalized spacial score (nSPS) is 33.9. The molecule has 14 heavy (non-hydrogen) atoms. The Labute approximate surface area is 84.3 Å². The third kappa shape index (κ3) is 1.14. The fraction of sp³-hybridized carbons (Fsp3) is 0.500. The molecule has 0 radical (unpaired) electrons. The predicted octanol–water partition coefficient (Wildman–Crippen LogP) is 1.63. The molecular weight excluding hydrogens is 174 g/mol. The second kappa shape index (κ2) is 2.99. The highest BCUT2D eigenvalue weighted by atomic mass is 16.5. The van der Waals surface area contributed by atoms with Crippen LogP contribution in [0.2, 0.25) is 0 Å². The van der Waals surface area contributed by atoms with E-state index in [2.05, 4.69) is 29.6 Å². The van der Waals surface area contributed by atoms with Crippen molar-refractivity contribution < 1.29 is 4.74 Å². The highest BCUT2D eigenvalue weighted by Crippen LogP contribution is 2.55. The molecule has 0 bridgehead atoms. The minimum Gasteiger partial charge on any atom is -0.497 e. The largest absolute Gasteiger partial charge is 0.497 e. The van der Waals surface area contributed by atoms with Gasteiger partial charge in [0.25, 0.3) is 0 Å². The molecular formula is C12H15NO. The second-order valence-corrected chi connectivity index (χ2v) is 4.28. The van der Waals surface area contributed by atoms with Crippen LogP contribution in [-0.2, 0) is 0 Å². The zero-order valence-electron chi connectivity index (χ0n) is 8.36. The Balaban J connectivity index is 1.78. The fourth-order valence-electron chi connectivity index (χ4n) is 2.74. The highest BCUT2D eigenvalue weighted by Gasteiger charge is 2.53. The average molecular weight is 189 g/mol. The molecule has 0 spiro atoms. The van der Waals surface area contributed by atoms with Gasteiger partial charge in [-0.3, -0.25) is 0 Å². The van der Waals surface area contributed by atoms with Gasteiger partial charge in [-0.15, -0.1) is 0 Å². The smallest absolute Gasteiger partial charge is 0.118 e. The first kappa shape index (κ1) is 8.30. The number of rotatable bonds is 2. The number of methoxy groups -OCH3 is 1. The maximum atomic E-state index is 5.15. The summed E-state index contributed by atoms with van der Waals surface area (Å²) >= 11 is 0. The van der Waals surface area contributed by atoms with Crippen LogP contribution in [0.1, 0.15) is 11.5 Å². The monoisotopic (exact) mass is 189 g/mol. The molecule has 2 fully saturated rings. The van der Waals surface area contributed by atoms with Crippen molar-refractivity contribution in [3.05, 3.63) is 29.8 Å². The first-order valence-electron chi connectivity index (χ1n) is 5.25. The number of benzene rings is 1. The Morgan fingerprint density at radius 1 is 1.14 bits per heavy atom. The van der Waals surface area contributed by atoms with Crippen LogP contribution in [-0.4, -0.2) is 20.2 Å². The average Bonchev–Trinajstić information content (AvgIpc) is 2.72. The molecule has 1 saturated heterocycles. The van der Waals surface area contributed by atoms with Gasteiger partial charge in [-0.2, -0.15) is 0 Å². The molecule has 1 aromatic rings. The molecule has 1 heterocycles. The Morgan fingerprint density at radius 3 is 2.36 bits per heavy atom. The van der Waals surface area contributed by atoms with Crippen molar-refractivity contribution in [2.24, 2.45) is 11.8 Å². The predicted molar refractivity (Wildman–Crippen MR) is 55.6 cm³/mol. The summed E-state index contributed by atoms with van der Waals surface area (Å²) in [6.07, 6.45) is 0. The van der Waals surface area contributed by atoms with Gasteiger partial charge in [-0.05, 0) is 48.5 Å². The lowest BCUT2D eigenvalue weighted by molar-refractivity contribution is 0.414. The standard InChI is InChI=1S/C12H15NO/c1-14-9-4-2-8(3-5-9)12-10-6-13-7-11(10)12/h2-5,10-13H,6-7H2,1H3. The van der Waals surface area contributed by atoms with E-state index in [4.69, 9.17) is 4.74 Å². The second-order valence-electron chi connectivity index (χ2n) is 4.28. The third-order valence-electron chi connectivity index (χ3n) is 3.59. The van der Waals surface area contributed by atoms with Gasteiger partial charge < -0.3 is 10.1 Å². The third-order valence-corrected chi connectivity index (χ3v) is 3.59. The number of ether oxygens (including phenoxy) is 1. The molecule has 1 saturated carbocycles. The number of fused-ring (bicyclic) bond motifs is 1. The van der Waals surface area contributed by atoms with Crippen molar-refractivity contribution in [2.45, 2.75) is 5.92 Å². The number of hydrogen-bond acceptors (Lipinski definition) is 2. The summed E-state index contributed by atoms with van der Waals surface area (Å²) in [6, 6.07) is 8.55. The molecule has 1 N–H and O–H groups in total. The molecule has 3 rings (SSSR count). The van der Waals surface area contributed by atoms with Gasteiger partial charge in [-0.1, -0.05) is 12.1 Å². The maximum absolute atomic E-state index is 5.15. The zero-order valence-corrected chi connectivity index (χ0v) is 8.36. The van der Waals surface area contributed by atoms with E-state index in [9.17, 15) is 0 Å². The Bertz CT molecular complexity index is 323. The van der Waals surface area contributed by atoms with E-state index in [1.807, 2.05) is 0 Å². The molecule has 74 valence electrons. The molecule has 0 aromatic heterocycles. The first-order valence-corrected chi connectivity index (χ1v) is 5.25. The highest BCUT2D eigenvalue weighted by molar-refractivity contribution is 5.35. The first-order chi connectivity index (χ1) is 6.90. The lowest BCUT2D eigenvalue weighted by Gasteiger charge is -2.05. The summed E-state index contributed by atoms with van der Waals surface area (Å²) in [5, 5.41) is 3.42. The number of nitrogens with one attached hydrogen (secondary N) is 1. The summed E-state index contributed by atoms with van der Waals surface area (Å²) in [5.41, 5.74) is 1.49. The van der Waals surface area contributed by atoms with Crippen molar-refractivity contribution in [1.29, 1.82) is 0 Å². The van der Waals surface area contributed by atoms with Crippen molar-refractivity contribution in [1.82, 2.24) is 5.32 Å². The lowest BCUT2D eigenvalue weighted by atomic mass is 10.1. The van der Waals surface area contributed by atoms with Crippen LogP contribution in [0.25, 0.3) is 0 Å². The van der Waals surface area contributed by atoms with Gasteiger partial charge in [0.15, 0.2) is 0 Å². The molecule has 2 atom stereocenters. The minimum absolute atomic E-state index is 0.821. The molecule has 1 aliphatic carbocycles. The van der Waals surface area contributed by atoms with Gasteiger partial charge in [-0.25, -0.2) is 0 Å². The van der Waals surface area contributed by atoms with Gasteiger partial charge >= 0.3 is 0 Å². The van der Waals surface area contributed by atoms with Crippen LogP contribution in [0.3, 0.4) is 0 Å². The van der Waals surface area contributed by atoms with E-state index >= 15 is 0 Å². The quantitative estimate of drug-likeness (QED) is 0.763. The van der Waals surface area contributed by atoms with Crippen LogP contribution in [0.5, 0.6) is 5.75 Å². The molecule has 2 nitrogen and oxygen atoms in total. The van der Waals surface area contributed by atoms with Gasteiger partial charge in [0.2, 0.25) is 0 Å². The van der Waals surface area contributed by atoms with E-state index in [0.29, 0.717) is 0 Å². The van der Waals surface area contributed by atoms with Gasteiger partial charge in [0.05, 0.1) is 7.11 Å². The van der Waals surface area contributed by atoms with Crippen LogP contribution in [0, 0.1) is 11.8 Å². The summed E-state index contributed by atoms with van der Waals surface area (Å²) in [5.74, 6) is 3.59. The summed E-state index contributed by atoms with van der Waals surface area (Å²) in [4.78, 5) is 0. The number of hydrogen-bond donors (Lipinski definition) is 1. The van der Waals surface area contributed by atoms with E-state index in [1.165, 1.54) is 18.7 Å². The molecule has 2 aliphatic rings. The lowest BCUT2D eigenvalue weighted by Crippen LogP contribution is -2.13. The minimum atomic E-state index is 0.821. The maximum Gasteiger partial charge on any atom is 0.118 e. The van der Waals surface area contributed by atoms with Crippen molar-refractivity contribution in [2.75, 3.05) is 20.2 Å². The molecule has 1 aliphatic heterocycles. The van der Waals surface area contributed by atoms with Crippen LogP contribution in [0.15, 0.2) is 24.3 Å². The van der Waals surface area contributed by atoms with Crippen molar-refractivity contribution in [3.8, 4) is 5.75 Å². The fourth-order valence-corrected chi connectivity index (χ4v) is 2.74. The van der Waals surface area contributed by atoms with E-state index in [-0.39, 0.29) is 0 Å². The topological polar surface area (TPSA) is 21.3 Å². The molecule has 1 aromatic carbocycles. The van der Waals surface area contributed by atoms with Crippen molar-refractivity contribution >= 4 is 0 Å². The zero-order chi connectivity index (χ0) is 9.54. The SMILES string of the molecule is COc1ccc(C2C3CNCC32)cc1. The van der Waals surface area contributed by atoms with E-state index < -0.39 is 0 Å². The van der Waals surface area contributed by atoms with E-state index in [1.54, 1.807) is 7.11 Å². The summed E-state index contributed by atoms with van der Waals surface area (Å²) in [7, 11) is 1.71. The molecule has 2 heteroatoms. The van der Waals surface area contributed by atoms with Gasteiger partial charge in [0, 0.05) is 0 Å². The summed E-state index contributed by atoms with van der Waals surface area (Å²) in [6.45, 7) is 2.42. The van der Waals surface area contributed by atoms with Crippen LogP contribution < -0.4 is 10.1 Å². The Kier molecular flexibility index (Phi) is 1.77. The molecule has 2 unspecified atom stereocenters. The Hall–Kier alpha value is -1.02. The van der Waals surface area contributed by atoms with Gasteiger partial charge in [0.1, 0.15) is 5.75 Å². The van der Waals surface area contributed by atoms with Crippen LogP contribution >= 0.6 is 0 Å². The summed E-state index contributed by atoms with van der Waals surface area (Å²) < 4.78 is 5.15.